The van der Waals surface area contributed by atoms with Gasteiger partial charge in [0.25, 0.3) is 5.91 Å². The maximum absolute atomic E-state index is 12.8. The molecule has 0 fully saturated rings. The van der Waals surface area contributed by atoms with E-state index >= 15 is 0 Å². The third kappa shape index (κ3) is 5.91. The number of amidine groups is 2. The first kappa shape index (κ1) is 24.9. The fraction of sp³-hybridized carbons (Fsp3) is 0.320. The average Bonchev–Trinajstić information content (AvgIpc) is 3.18. The van der Waals surface area contributed by atoms with Crippen LogP contribution >= 0.6 is 23.4 Å². The largest absolute Gasteiger partial charge is 0.356 e. The van der Waals surface area contributed by atoms with Crippen molar-refractivity contribution in [2.75, 3.05) is 12.3 Å². The lowest BCUT2D eigenvalue weighted by atomic mass is 10.1. The van der Waals surface area contributed by atoms with Crippen LogP contribution in [0.15, 0.2) is 58.5 Å². The van der Waals surface area contributed by atoms with Crippen LogP contribution in [-0.4, -0.2) is 52.0 Å². The Bertz CT molecular complexity index is 1200. The number of fused-ring (bicyclic) bond motifs is 3. The fourth-order valence-corrected chi connectivity index (χ4v) is 4.85. The van der Waals surface area contributed by atoms with E-state index in [1.807, 2.05) is 49.4 Å². The molecular formula is C25H26ClN5O3S. The van der Waals surface area contributed by atoms with E-state index in [4.69, 9.17) is 16.6 Å². The summed E-state index contributed by atoms with van der Waals surface area (Å²) in [4.78, 5) is 48.5. The molecule has 2 N–H and O–H groups in total. The summed E-state index contributed by atoms with van der Waals surface area (Å²) in [6.45, 7) is 2.92. The van der Waals surface area contributed by atoms with Gasteiger partial charge in [0.05, 0.1) is 17.9 Å². The smallest absolute Gasteiger partial charge is 0.271 e. The van der Waals surface area contributed by atoms with E-state index in [0.717, 1.165) is 24.0 Å². The van der Waals surface area contributed by atoms with E-state index in [-0.39, 0.29) is 29.9 Å². The highest BCUT2D eigenvalue weighted by atomic mass is 35.5. The van der Waals surface area contributed by atoms with Crippen LogP contribution in [0.5, 0.6) is 0 Å². The number of unbranched alkanes of at least 4 members (excludes halogenated alkanes) is 1. The molecule has 35 heavy (non-hydrogen) atoms. The van der Waals surface area contributed by atoms with Gasteiger partial charge in [-0.1, -0.05) is 67.0 Å². The molecule has 1 atom stereocenters. The summed E-state index contributed by atoms with van der Waals surface area (Å²) in [5, 5.41) is 6.77. The van der Waals surface area contributed by atoms with Gasteiger partial charge in [0.15, 0.2) is 5.17 Å². The Morgan fingerprint density at radius 2 is 1.83 bits per heavy atom. The van der Waals surface area contributed by atoms with Crippen molar-refractivity contribution < 1.29 is 14.4 Å². The molecule has 2 heterocycles. The van der Waals surface area contributed by atoms with Crippen molar-refractivity contribution in [3.63, 3.8) is 0 Å². The van der Waals surface area contributed by atoms with Gasteiger partial charge in [0.1, 0.15) is 11.9 Å². The first-order chi connectivity index (χ1) is 17.0. The topological polar surface area (TPSA) is 103 Å². The molecule has 8 nitrogen and oxygen atoms in total. The predicted molar refractivity (Wildman–Crippen MR) is 139 cm³/mol. The molecule has 2 aromatic carbocycles. The number of amides is 3. The number of para-hydroxylation sites is 1. The molecular weight excluding hydrogens is 486 g/mol. The van der Waals surface area contributed by atoms with E-state index in [0.29, 0.717) is 34.8 Å². The molecule has 1 unspecified atom stereocenters. The van der Waals surface area contributed by atoms with Crippen LogP contribution in [0.4, 0.5) is 5.69 Å². The third-order valence-electron chi connectivity index (χ3n) is 5.61. The molecule has 0 saturated carbocycles. The number of carbonyl (C=O) groups is 3. The summed E-state index contributed by atoms with van der Waals surface area (Å²) in [5.74, 6) is -0.258. The molecule has 0 saturated heterocycles. The molecule has 3 amide bonds. The van der Waals surface area contributed by atoms with Crippen molar-refractivity contribution in [1.29, 1.82) is 0 Å². The Labute approximate surface area is 213 Å². The maximum atomic E-state index is 12.8. The van der Waals surface area contributed by atoms with Gasteiger partial charge >= 0.3 is 0 Å². The molecule has 0 spiro atoms. The normalized spacial score (nSPS) is 16.2. The lowest BCUT2D eigenvalue weighted by Gasteiger charge is -2.30. The number of hydrogen-bond acceptors (Lipinski definition) is 6. The Balaban J connectivity index is 1.47. The van der Waals surface area contributed by atoms with Crippen molar-refractivity contribution in [3.8, 4) is 0 Å². The monoisotopic (exact) mass is 511 g/mol. The highest BCUT2D eigenvalue weighted by molar-refractivity contribution is 8.14. The Kier molecular flexibility index (Phi) is 8.20. The molecule has 182 valence electrons. The third-order valence-corrected chi connectivity index (χ3v) is 6.93. The molecule has 10 heteroatoms. The minimum atomic E-state index is -0.794. The zero-order valence-corrected chi connectivity index (χ0v) is 20.9. The molecule has 4 rings (SSSR count). The summed E-state index contributed by atoms with van der Waals surface area (Å²) in [7, 11) is 0. The lowest BCUT2D eigenvalue weighted by Crippen LogP contribution is -2.46. The molecule has 2 aliphatic rings. The van der Waals surface area contributed by atoms with Crippen molar-refractivity contribution >= 4 is 57.8 Å². The van der Waals surface area contributed by atoms with E-state index in [9.17, 15) is 14.4 Å². The Hall–Kier alpha value is -3.17. The van der Waals surface area contributed by atoms with Crippen LogP contribution in [-0.2, 0) is 20.9 Å². The zero-order chi connectivity index (χ0) is 24.8. The molecule has 0 bridgehead atoms. The van der Waals surface area contributed by atoms with E-state index < -0.39 is 6.04 Å². The summed E-state index contributed by atoms with van der Waals surface area (Å²) in [6, 6.07) is 13.9. The zero-order valence-electron chi connectivity index (χ0n) is 19.3. The number of halogens is 1. The molecule has 2 aliphatic heterocycles. The second kappa shape index (κ2) is 11.5. The molecule has 0 aromatic heterocycles. The van der Waals surface area contributed by atoms with Gasteiger partial charge in [-0.3, -0.25) is 19.3 Å². The molecule has 0 aliphatic carbocycles. The Morgan fingerprint density at radius 3 is 2.63 bits per heavy atom. The van der Waals surface area contributed by atoms with Crippen molar-refractivity contribution in [3.05, 3.63) is 64.7 Å². The van der Waals surface area contributed by atoms with Crippen molar-refractivity contribution in [2.45, 2.75) is 38.8 Å². The lowest BCUT2D eigenvalue weighted by molar-refractivity contribution is -0.126. The number of rotatable bonds is 9. The quantitative estimate of drug-likeness (QED) is 0.500. The highest BCUT2D eigenvalue weighted by Gasteiger charge is 2.42. The van der Waals surface area contributed by atoms with Crippen molar-refractivity contribution in [1.82, 2.24) is 15.5 Å². The van der Waals surface area contributed by atoms with Crippen LogP contribution in [0.1, 0.15) is 37.3 Å². The van der Waals surface area contributed by atoms with Gasteiger partial charge in [-0.15, -0.1) is 0 Å². The summed E-state index contributed by atoms with van der Waals surface area (Å²) >= 11 is 7.37. The maximum Gasteiger partial charge on any atom is 0.271 e. The Morgan fingerprint density at radius 1 is 1.06 bits per heavy atom. The van der Waals surface area contributed by atoms with E-state index in [1.54, 1.807) is 11.0 Å². The van der Waals surface area contributed by atoms with Crippen LogP contribution in [0.3, 0.4) is 0 Å². The van der Waals surface area contributed by atoms with Gasteiger partial charge in [-0.25, -0.2) is 4.99 Å². The van der Waals surface area contributed by atoms with E-state index in [1.165, 1.54) is 11.8 Å². The molecule has 2 aromatic rings. The van der Waals surface area contributed by atoms with E-state index in [2.05, 4.69) is 15.6 Å². The summed E-state index contributed by atoms with van der Waals surface area (Å²) < 4.78 is 0. The first-order valence-electron chi connectivity index (χ1n) is 11.5. The van der Waals surface area contributed by atoms with Gasteiger partial charge in [0, 0.05) is 23.7 Å². The summed E-state index contributed by atoms with van der Waals surface area (Å²) in [5.41, 5.74) is 2.22. The number of hydrogen-bond donors (Lipinski definition) is 2. The fourth-order valence-electron chi connectivity index (χ4n) is 3.77. The number of carbonyl (C=O) groups excluding carboxylic acids is 3. The minimum absolute atomic E-state index is 0.0317. The van der Waals surface area contributed by atoms with Gasteiger partial charge in [0.2, 0.25) is 11.8 Å². The number of thioether (sulfide) groups is 1. The highest BCUT2D eigenvalue weighted by Crippen LogP contribution is 2.34. The SMILES string of the molecule is CCCCNC(=O)CC1C(=O)N=C2c3ccccc3N=C(SCC(=O)NCc3ccccc3Cl)N21. The first-order valence-corrected chi connectivity index (χ1v) is 12.8. The van der Waals surface area contributed by atoms with Crippen LogP contribution in [0.2, 0.25) is 5.02 Å². The average molecular weight is 512 g/mol. The number of aliphatic imine (C=N–C) groups is 2. The second-order valence-electron chi connectivity index (χ2n) is 8.14. The number of nitrogens with one attached hydrogen (secondary N) is 2. The van der Waals surface area contributed by atoms with Crippen LogP contribution < -0.4 is 10.6 Å². The standard InChI is InChI=1S/C25H26ClN5O3S/c1-2-3-12-27-21(32)13-20-24(34)30-23-17-9-5-7-11-19(17)29-25(31(20)23)35-15-22(33)28-14-16-8-4-6-10-18(16)26/h4-11,20H,2-3,12-15H2,1H3,(H,27,32)(H,28,33). The molecule has 0 radical (unpaired) electrons. The van der Waals surface area contributed by atoms with Crippen LogP contribution in [0, 0.1) is 0 Å². The van der Waals surface area contributed by atoms with Crippen LogP contribution in [0.25, 0.3) is 0 Å². The van der Waals surface area contributed by atoms with Gasteiger partial charge < -0.3 is 10.6 Å². The van der Waals surface area contributed by atoms with Crippen molar-refractivity contribution in [2.24, 2.45) is 9.98 Å². The minimum Gasteiger partial charge on any atom is -0.356 e. The predicted octanol–water partition coefficient (Wildman–Crippen LogP) is 3.65. The number of benzene rings is 2. The summed E-state index contributed by atoms with van der Waals surface area (Å²) in [6.07, 6.45) is 1.80. The second-order valence-corrected chi connectivity index (χ2v) is 9.49. The number of nitrogens with zero attached hydrogens (tertiary/aromatic N) is 3. The van der Waals surface area contributed by atoms with Gasteiger partial charge in [-0.05, 0) is 30.2 Å². The van der Waals surface area contributed by atoms with Gasteiger partial charge in [-0.2, -0.15) is 4.99 Å².